The predicted octanol–water partition coefficient (Wildman–Crippen LogP) is 3.71. The summed E-state index contributed by atoms with van der Waals surface area (Å²) in [5, 5.41) is 3.38. The van der Waals surface area contributed by atoms with Gasteiger partial charge in [-0.05, 0) is 32.4 Å². The number of aryl methyl sites for hydroxylation is 2. The largest absolute Gasteiger partial charge is 0.313 e. The Kier molecular flexibility index (Phi) is 5.27. The molecule has 88 valence electrons. The average Bonchev–Trinajstić information content (AvgIpc) is 2.22. The Hall–Kier alpha value is -1.08. The zero-order valence-electron chi connectivity index (χ0n) is 10.9. The van der Waals surface area contributed by atoms with E-state index in [1.807, 2.05) is 0 Å². The highest BCUT2D eigenvalue weighted by Gasteiger charge is 1.96. The van der Waals surface area contributed by atoms with Crippen molar-refractivity contribution in [2.45, 2.75) is 34.1 Å². The van der Waals surface area contributed by atoms with E-state index < -0.39 is 0 Å². The molecular weight excluding hydrogens is 194 g/mol. The molecule has 0 fully saturated rings. The summed E-state index contributed by atoms with van der Waals surface area (Å²) in [6.07, 6.45) is 3.42. The summed E-state index contributed by atoms with van der Waals surface area (Å²) in [7, 11) is 0. The minimum atomic E-state index is 1.000. The maximum Gasteiger partial charge on any atom is 0.0167 e. The van der Waals surface area contributed by atoms with Crippen LogP contribution in [-0.2, 0) is 0 Å². The van der Waals surface area contributed by atoms with E-state index in [0.29, 0.717) is 0 Å². The van der Waals surface area contributed by atoms with E-state index in [1.54, 1.807) is 0 Å². The van der Waals surface area contributed by atoms with Crippen molar-refractivity contribution in [3.05, 3.63) is 40.5 Å². The molecule has 0 spiro atoms. The molecule has 0 saturated carbocycles. The minimum Gasteiger partial charge on any atom is -0.313 e. The number of hydrogen-bond donors (Lipinski definition) is 1. The van der Waals surface area contributed by atoms with Crippen molar-refractivity contribution in [2.75, 3.05) is 13.1 Å². The Morgan fingerprint density at radius 2 is 1.75 bits per heavy atom. The molecule has 0 heterocycles. The molecule has 1 aromatic carbocycles. The van der Waals surface area contributed by atoms with E-state index in [9.17, 15) is 0 Å². The fraction of sp³-hybridized carbons (Fsp3) is 0.467. The lowest BCUT2D eigenvalue weighted by Gasteiger charge is -2.06. The summed E-state index contributed by atoms with van der Waals surface area (Å²) in [5.41, 5.74) is 5.47. The molecule has 0 radical (unpaired) electrons. The van der Waals surface area contributed by atoms with Gasteiger partial charge < -0.3 is 5.32 Å². The molecule has 0 unspecified atom stereocenters. The molecule has 0 saturated heterocycles. The first kappa shape index (κ1) is 13.0. The van der Waals surface area contributed by atoms with Crippen LogP contribution in [-0.4, -0.2) is 13.1 Å². The monoisotopic (exact) mass is 217 g/mol. The van der Waals surface area contributed by atoms with E-state index in [1.165, 1.54) is 22.3 Å². The van der Waals surface area contributed by atoms with Crippen molar-refractivity contribution in [1.82, 2.24) is 5.32 Å². The van der Waals surface area contributed by atoms with Crippen LogP contribution in [0.3, 0.4) is 0 Å². The molecule has 1 nitrogen and oxygen atoms in total. The topological polar surface area (TPSA) is 12.0 Å². The number of rotatable bonds is 5. The lowest BCUT2D eigenvalue weighted by Crippen LogP contribution is -2.15. The van der Waals surface area contributed by atoms with Gasteiger partial charge in [-0.1, -0.05) is 54.8 Å². The molecule has 1 rings (SSSR count). The highest BCUT2D eigenvalue weighted by Crippen LogP contribution is 2.13. The zero-order chi connectivity index (χ0) is 12.0. The number of benzene rings is 1. The summed E-state index contributed by atoms with van der Waals surface area (Å²) in [5.74, 6) is 0. The van der Waals surface area contributed by atoms with Crippen LogP contribution in [0, 0.1) is 13.8 Å². The van der Waals surface area contributed by atoms with Crippen LogP contribution < -0.4 is 5.32 Å². The van der Waals surface area contributed by atoms with Crippen LogP contribution >= 0.6 is 0 Å². The molecule has 1 aromatic rings. The van der Waals surface area contributed by atoms with Gasteiger partial charge in [0, 0.05) is 6.54 Å². The Balaban J connectivity index is 2.85. The summed E-state index contributed by atoms with van der Waals surface area (Å²) < 4.78 is 0. The second kappa shape index (κ2) is 6.49. The number of likely N-dealkylation sites (N-methyl/N-ethyl adjacent to an activating group) is 1. The highest BCUT2D eigenvalue weighted by atomic mass is 14.8. The summed E-state index contributed by atoms with van der Waals surface area (Å²) in [6.45, 7) is 10.7. The van der Waals surface area contributed by atoms with Gasteiger partial charge in [0.2, 0.25) is 0 Å². The van der Waals surface area contributed by atoms with Gasteiger partial charge in [-0.3, -0.25) is 0 Å². The maximum atomic E-state index is 3.38. The van der Waals surface area contributed by atoms with E-state index in [-0.39, 0.29) is 0 Å². The van der Waals surface area contributed by atoms with Gasteiger partial charge in [0.1, 0.15) is 0 Å². The molecule has 0 aromatic heterocycles. The van der Waals surface area contributed by atoms with Crippen molar-refractivity contribution >= 4 is 6.08 Å². The minimum absolute atomic E-state index is 1.000. The molecule has 0 aliphatic rings. The molecule has 0 aliphatic heterocycles. The highest BCUT2D eigenvalue weighted by molar-refractivity contribution is 5.55. The molecular formula is C15H23N. The van der Waals surface area contributed by atoms with Gasteiger partial charge in [-0.2, -0.15) is 0 Å². The van der Waals surface area contributed by atoms with Crippen molar-refractivity contribution in [1.29, 1.82) is 0 Å². The summed E-state index contributed by atoms with van der Waals surface area (Å²) in [4.78, 5) is 0. The van der Waals surface area contributed by atoms with Crippen molar-refractivity contribution in [2.24, 2.45) is 0 Å². The Bertz CT molecular complexity index is 343. The van der Waals surface area contributed by atoms with Crippen LogP contribution in [0.25, 0.3) is 6.08 Å². The maximum absolute atomic E-state index is 3.38. The summed E-state index contributed by atoms with van der Waals surface area (Å²) >= 11 is 0. The van der Waals surface area contributed by atoms with E-state index >= 15 is 0 Å². The number of nitrogens with one attached hydrogen (secondary N) is 1. The fourth-order valence-electron chi connectivity index (χ4n) is 1.89. The molecule has 0 amide bonds. The van der Waals surface area contributed by atoms with Gasteiger partial charge in [-0.15, -0.1) is 0 Å². The lowest BCUT2D eigenvalue weighted by atomic mass is 10.0. The third kappa shape index (κ3) is 4.19. The van der Waals surface area contributed by atoms with Gasteiger partial charge in [0.15, 0.2) is 0 Å². The number of hydrogen-bond acceptors (Lipinski definition) is 1. The van der Waals surface area contributed by atoms with Gasteiger partial charge in [0.05, 0.1) is 0 Å². The van der Waals surface area contributed by atoms with Gasteiger partial charge in [-0.25, -0.2) is 0 Å². The van der Waals surface area contributed by atoms with Crippen LogP contribution in [0.5, 0.6) is 0 Å². The first-order valence-corrected chi connectivity index (χ1v) is 6.14. The first-order valence-electron chi connectivity index (χ1n) is 6.14. The van der Waals surface area contributed by atoms with Crippen molar-refractivity contribution < 1.29 is 0 Å². The molecule has 1 N–H and O–H groups in total. The Morgan fingerprint density at radius 1 is 1.12 bits per heavy atom. The van der Waals surface area contributed by atoms with Crippen LogP contribution in [0.1, 0.15) is 37.0 Å². The third-order valence-electron chi connectivity index (χ3n) is 2.67. The SMILES string of the molecule is CCNCC(=Cc1cc(C)cc(C)c1)CC. The molecule has 0 aliphatic carbocycles. The van der Waals surface area contributed by atoms with E-state index in [2.05, 4.69) is 57.3 Å². The molecule has 0 atom stereocenters. The van der Waals surface area contributed by atoms with Crippen molar-refractivity contribution in [3.8, 4) is 0 Å². The molecule has 1 heteroatoms. The van der Waals surface area contributed by atoms with Crippen LogP contribution in [0.4, 0.5) is 0 Å². The lowest BCUT2D eigenvalue weighted by molar-refractivity contribution is 0.762. The Labute approximate surface area is 99.6 Å². The van der Waals surface area contributed by atoms with E-state index in [0.717, 1.165) is 19.5 Å². The van der Waals surface area contributed by atoms with Crippen LogP contribution in [0.15, 0.2) is 23.8 Å². The van der Waals surface area contributed by atoms with Gasteiger partial charge in [0.25, 0.3) is 0 Å². The molecule has 16 heavy (non-hydrogen) atoms. The van der Waals surface area contributed by atoms with Crippen molar-refractivity contribution in [3.63, 3.8) is 0 Å². The normalized spacial score (nSPS) is 11.9. The Morgan fingerprint density at radius 3 is 2.25 bits per heavy atom. The standard InChI is InChI=1S/C15H23N/c1-5-14(11-16-6-2)10-15-8-12(3)7-13(4)9-15/h7-10,16H,5-6,11H2,1-4H3. The predicted molar refractivity (Wildman–Crippen MR) is 72.7 cm³/mol. The third-order valence-corrected chi connectivity index (χ3v) is 2.67. The second-order valence-corrected chi connectivity index (χ2v) is 4.36. The summed E-state index contributed by atoms with van der Waals surface area (Å²) in [6, 6.07) is 6.70. The second-order valence-electron chi connectivity index (χ2n) is 4.36. The van der Waals surface area contributed by atoms with Gasteiger partial charge >= 0.3 is 0 Å². The zero-order valence-corrected chi connectivity index (χ0v) is 10.9. The quantitative estimate of drug-likeness (QED) is 0.793. The van der Waals surface area contributed by atoms with Crippen LogP contribution in [0.2, 0.25) is 0 Å². The smallest absolute Gasteiger partial charge is 0.0167 e. The molecule has 0 bridgehead atoms. The van der Waals surface area contributed by atoms with E-state index in [4.69, 9.17) is 0 Å². The average molecular weight is 217 g/mol. The fourth-order valence-corrected chi connectivity index (χ4v) is 1.89. The first-order chi connectivity index (χ1) is 7.65.